The number of likely N-dealkylation sites (N-methyl/N-ethyl adjacent to an activating group) is 1. The van der Waals surface area contributed by atoms with Crippen LogP contribution in [0.5, 0.6) is 5.75 Å². The summed E-state index contributed by atoms with van der Waals surface area (Å²) in [5, 5.41) is 7.28. The fraction of sp³-hybridized carbons (Fsp3) is 0.292. The topological polar surface area (TPSA) is 76.5 Å². The van der Waals surface area contributed by atoms with Gasteiger partial charge in [-0.05, 0) is 36.2 Å². The quantitative estimate of drug-likeness (QED) is 0.576. The van der Waals surface area contributed by atoms with E-state index in [4.69, 9.17) is 4.74 Å². The van der Waals surface area contributed by atoms with Gasteiger partial charge in [0.15, 0.2) is 6.61 Å². The predicted octanol–water partition coefficient (Wildman–Crippen LogP) is 3.28. The normalized spacial score (nSPS) is 11.6. The molecule has 0 aliphatic carbocycles. The summed E-state index contributed by atoms with van der Waals surface area (Å²) in [6.45, 7) is 2.61. The van der Waals surface area contributed by atoms with Crippen molar-refractivity contribution < 1.29 is 14.3 Å². The van der Waals surface area contributed by atoms with Crippen molar-refractivity contribution >= 4 is 11.8 Å². The Kier molecular flexibility index (Phi) is 7.43. The maximum absolute atomic E-state index is 12.9. The van der Waals surface area contributed by atoms with E-state index in [1.165, 1.54) is 4.90 Å². The molecule has 0 saturated heterocycles. The molecule has 0 aliphatic heterocycles. The molecule has 7 heteroatoms. The van der Waals surface area contributed by atoms with E-state index < -0.39 is 0 Å². The third-order valence-corrected chi connectivity index (χ3v) is 4.98. The molecule has 3 aromatic rings. The minimum absolute atomic E-state index is 0.0495. The van der Waals surface area contributed by atoms with E-state index in [1.54, 1.807) is 20.3 Å². The van der Waals surface area contributed by atoms with E-state index in [0.717, 1.165) is 11.1 Å². The summed E-state index contributed by atoms with van der Waals surface area (Å²) in [4.78, 5) is 26.2. The molecule has 2 aromatic carbocycles. The molecular weight excluding hydrogens is 392 g/mol. The number of ether oxygens (including phenoxy) is 1. The Morgan fingerprint density at radius 2 is 1.84 bits per heavy atom. The molecule has 0 fully saturated rings. The Labute approximate surface area is 182 Å². The summed E-state index contributed by atoms with van der Waals surface area (Å²) in [6, 6.07) is 16.6. The largest absolute Gasteiger partial charge is 0.483 e. The van der Waals surface area contributed by atoms with Gasteiger partial charge in [-0.3, -0.25) is 14.3 Å². The van der Waals surface area contributed by atoms with Crippen LogP contribution in [0.1, 0.15) is 40.9 Å². The highest BCUT2D eigenvalue weighted by Gasteiger charge is 2.18. The van der Waals surface area contributed by atoms with Crippen LogP contribution < -0.4 is 10.1 Å². The Bertz CT molecular complexity index is 998. The fourth-order valence-corrected chi connectivity index (χ4v) is 3.15. The minimum Gasteiger partial charge on any atom is -0.483 e. The maximum Gasteiger partial charge on any atom is 0.259 e. The number of nitrogens with one attached hydrogen (secondary N) is 1. The molecule has 3 rings (SSSR count). The number of nitrogens with zero attached hydrogens (tertiary/aromatic N) is 3. The first-order valence-electron chi connectivity index (χ1n) is 10.3. The zero-order valence-corrected chi connectivity index (χ0v) is 18.1. The van der Waals surface area contributed by atoms with Crippen LogP contribution in [0.3, 0.4) is 0 Å². The zero-order chi connectivity index (χ0) is 22.2. The van der Waals surface area contributed by atoms with E-state index in [1.807, 2.05) is 72.4 Å². The van der Waals surface area contributed by atoms with Gasteiger partial charge in [-0.1, -0.05) is 37.3 Å². The number of rotatable bonds is 9. The van der Waals surface area contributed by atoms with Gasteiger partial charge in [0, 0.05) is 37.6 Å². The molecular formula is C24H28N4O3. The summed E-state index contributed by atoms with van der Waals surface area (Å²) in [7, 11) is 3.37. The van der Waals surface area contributed by atoms with Gasteiger partial charge in [0.1, 0.15) is 5.75 Å². The molecule has 0 bridgehead atoms. The maximum atomic E-state index is 12.9. The number of para-hydroxylation sites is 1. The Hall–Kier alpha value is -3.61. The fourth-order valence-electron chi connectivity index (χ4n) is 3.15. The molecule has 1 aromatic heterocycles. The molecule has 0 spiro atoms. The van der Waals surface area contributed by atoms with E-state index in [0.29, 0.717) is 24.3 Å². The van der Waals surface area contributed by atoms with E-state index in [9.17, 15) is 9.59 Å². The lowest BCUT2D eigenvalue weighted by Crippen LogP contribution is -2.30. The van der Waals surface area contributed by atoms with Crippen LogP contribution >= 0.6 is 0 Å². The van der Waals surface area contributed by atoms with Crippen molar-refractivity contribution in [3.63, 3.8) is 0 Å². The lowest BCUT2D eigenvalue weighted by molar-refractivity contribution is -0.130. The predicted molar refractivity (Wildman–Crippen MR) is 119 cm³/mol. The summed E-state index contributed by atoms with van der Waals surface area (Å²) in [5.41, 5.74) is 2.50. The van der Waals surface area contributed by atoms with E-state index in [-0.39, 0.29) is 24.5 Å². The van der Waals surface area contributed by atoms with E-state index >= 15 is 0 Å². The van der Waals surface area contributed by atoms with Crippen LogP contribution in [0.15, 0.2) is 67.0 Å². The van der Waals surface area contributed by atoms with Gasteiger partial charge in [0.25, 0.3) is 11.8 Å². The highest BCUT2D eigenvalue weighted by Crippen LogP contribution is 2.27. The monoisotopic (exact) mass is 420 g/mol. The lowest BCUT2D eigenvalue weighted by Gasteiger charge is -2.21. The second-order valence-corrected chi connectivity index (χ2v) is 7.45. The van der Waals surface area contributed by atoms with Crippen molar-refractivity contribution in [1.82, 2.24) is 20.0 Å². The molecule has 0 radical (unpaired) electrons. The van der Waals surface area contributed by atoms with Gasteiger partial charge in [0.05, 0.1) is 12.6 Å². The average molecular weight is 421 g/mol. The molecule has 2 amide bonds. The number of carbonyl (C=O) groups is 2. The molecule has 162 valence electrons. The number of hydrogen-bond donors (Lipinski definition) is 1. The molecule has 0 aliphatic rings. The van der Waals surface area contributed by atoms with Crippen molar-refractivity contribution in [2.24, 2.45) is 0 Å². The summed E-state index contributed by atoms with van der Waals surface area (Å²) in [6.07, 6.45) is 4.33. The summed E-state index contributed by atoms with van der Waals surface area (Å²) < 4.78 is 7.58. The molecule has 1 unspecified atom stereocenters. The highest BCUT2D eigenvalue weighted by molar-refractivity contribution is 5.94. The van der Waals surface area contributed by atoms with Crippen LogP contribution in [-0.4, -0.2) is 47.2 Å². The van der Waals surface area contributed by atoms with Crippen LogP contribution in [0, 0.1) is 0 Å². The van der Waals surface area contributed by atoms with Crippen molar-refractivity contribution in [3.8, 4) is 5.75 Å². The van der Waals surface area contributed by atoms with Gasteiger partial charge < -0.3 is 15.0 Å². The van der Waals surface area contributed by atoms with Gasteiger partial charge >= 0.3 is 0 Å². The molecule has 31 heavy (non-hydrogen) atoms. The van der Waals surface area contributed by atoms with Crippen LogP contribution in [0.4, 0.5) is 0 Å². The number of carbonyl (C=O) groups excluding carboxylic acids is 2. The summed E-state index contributed by atoms with van der Waals surface area (Å²) >= 11 is 0. The van der Waals surface area contributed by atoms with Crippen LogP contribution in [-0.2, 0) is 11.3 Å². The van der Waals surface area contributed by atoms with Crippen LogP contribution in [0.25, 0.3) is 0 Å². The number of aromatic nitrogens is 2. The van der Waals surface area contributed by atoms with Crippen molar-refractivity contribution in [1.29, 1.82) is 0 Å². The number of amides is 2. The number of benzene rings is 2. The first kappa shape index (κ1) is 22.1. The van der Waals surface area contributed by atoms with Crippen molar-refractivity contribution in [2.45, 2.75) is 25.9 Å². The van der Waals surface area contributed by atoms with Crippen molar-refractivity contribution in [2.75, 3.05) is 20.7 Å². The third-order valence-electron chi connectivity index (χ3n) is 4.98. The van der Waals surface area contributed by atoms with Crippen LogP contribution in [0.2, 0.25) is 0 Å². The Morgan fingerprint density at radius 1 is 1.10 bits per heavy atom. The minimum atomic E-state index is -0.234. The highest BCUT2D eigenvalue weighted by atomic mass is 16.5. The van der Waals surface area contributed by atoms with Gasteiger partial charge in [0.2, 0.25) is 0 Å². The first-order valence-corrected chi connectivity index (χ1v) is 10.3. The Morgan fingerprint density at radius 3 is 2.48 bits per heavy atom. The summed E-state index contributed by atoms with van der Waals surface area (Å²) in [5.74, 6) is 0.318. The zero-order valence-electron chi connectivity index (χ0n) is 18.1. The molecule has 1 heterocycles. The second-order valence-electron chi connectivity index (χ2n) is 7.45. The molecule has 1 atom stereocenters. The third kappa shape index (κ3) is 5.94. The average Bonchev–Trinajstić information content (AvgIpc) is 3.29. The van der Waals surface area contributed by atoms with Gasteiger partial charge in [-0.2, -0.15) is 5.10 Å². The van der Waals surface area contributed by atoms with Gasteiger partial charge in [-0.15, -0.1) is 0 Å². The smallest absolute Gasteiger partial charge is 0.259 e. The van der Waals surface area contributed by atoms with E-state index in [2.05, 4.69) is 10.4 Å². The van der Waals surface area contributed by atoms with Crippen molar-refractivity contribution in [3.05, 3.63) is 83.7 Å². The number of hydrogen-bond acceptors (Lipinski definition) is 4. The SMILES string of the molecule is CCC(NC(=O)c1ccc(Cn2cccn2)cc1)c1ccccc1OCC(=O)N(C)C. The molecule has 0 saturated carbocycles. The second kappa shape index (κ2) is 10.4. The molecule has 1 N–H and O–H groups in total. The Balaban J connectivity index is 1.68. The first-order chi connectivity index (χ1) is 15.0. The van der Waals surface area contributed by atoms with Gasteiger partial charge in [-0.25, -0.2) is 0 Å². The molecule has 7 nitrogen and oxygen atoms in total. The lowest BCUT2D eigenvalue weighted by atomic mass is 10.0. The standard InChI is InChI=1S/C24H28N4O3/c1-4-21(20-8-5-6-9-22(20)31-17-23(29)27(2)3)26-24(30)19-12-10-18(11-13-19)16-28-15-7-14-25-28/h5-15,21H,4,16-17H2,1-3H3,(H,26,30).